The zero-order valence-corrected chi connectivity index (χ0v) is 12.6. The van der Waals surface area contributed by atoms with E-state index in [1.165, 1.54) is 0 Å². The van der Waals surface area contributed by atoms with Crippen LogP contribution in [0.4, 0.5) is 5.69 Å². The number of benzene rings is 1. The van der Waals surface area contributed by atoms with Gasteiger partial charge in [-0.05, 0) is 24.5 Å². The molecule has 1 aromatic rings. The van der Waals surface area contributed by atoms with Gasteiger partial charge in [0.2, 0.25) is 5.91 Å². The molecule has 1 aliphatic heterocycles. The molecule has 0 spiro atoms. The molecular weight excluding hydrogens is 304 g/mol. The second-order valence-electron chi connectivity index (χ2n) is 4.94. The number of likely N-dealkylation sites (N-methyl/N-ethyl adjacent to an activating group) is 1. The average molecular weight is 321 g/mol. The van der Waals surface area contributed by atoms with E-state index in [2.05, 4.69) is 22.0 Å². The number of hydrogen-bond acceptors (Lipinski definition) is 2. The fourth-order valence-electron chi connectivity index (χ4n) is 2.87. The number of anilines is 1. The number of carbonyl (C=O) groups excluding carboxylic acids is 1. The molecule has 0 saturated carbocycles. The molecule has 1 amide bonds. The van der Waals surface area contributed by atoms with E-state index >= 15 is 0 Å². The minimum absolute atomic E-state index is 0.0600. The molecule has 0 radical (unpaired) electrons. The second kappa shape index (κ2) is 5.75. The van der Waals surface area contributed by atoms with E-state index < -0.39 is 5.41 Å². The van der Waals surface area contributed by atoms with Crippen molar-refractivity contribution in [1.29, 1.82) is 5.26 Å². The summed E-state index contributed by atoms with van der Waals surface area (Å²) in [6.07, 6.45) is 2.97. The van der Waals surface area contributed by atoms with Crippen LogP contribution in [0.2, 0.25) is 0 Å². The molecule has 4 heteroatoms. The van der Waals surface area contributed by atoms with Crippen molar-refractivity contribution in [3.8, 4) is 6.07 Å². The van der Waals surface area contributed by atoms with Crippen molar-refractivity contribution >= 4 is 27.5 Å². The van der Waals surface area contributed by atoms with Crippen LogP contribution < -0.4 is 4.90 Å². The number of amides is 1. The van der Waals surface area contributed by atoms with E-state index in [0.29, 0.717) is 0 Å². The van der Waals surface area contributed by atoms with Crippen LogP contribution in [0.15, 0.2) is 24.3 Å². The predicted octanol–water partition coefficient (Wildman–Crippen LogP) is 3.38. The minimum Gasteiger partial charge on any atom is -0.314 e. The Kier molecular flexibility index (Phi) is 4.26. The summed E-state index contributed by atoms with van der Waals surface area (Å²) >= 11 is 3.41. The largest absolute Gasteiger partial charge is 0.314 e. The summed E-state index contributed by atoms with van der Waals surface area (Å²) in [5.41, 5.74) is 1.32. The van der Waals surface area contributed by atoms with E-state index in [4.69, 9.17) is 5.26 Å². The molecule has 0 N–H and O–H groups in total. The number of rotatable bonds is 5. The Labute approximate surface area is 122 Å². The van der Waals surface area contributed by atoms with Gasteiger partial charge >= 0.3 is 0 Å². The van der Waals surface area contributed by atoms with Gasteiger partial charge in [0.25, 0.3) is 0 Å². The van der Waals surface area contributed by atoms with E-state index in [1.54, 1.807) is 11.9 Å². The first-order chi connectivity index (χ1) is 9.17. The van der Waals surface area contributed by atoms with Crippen LogP contribution in [0.25, 0.3) is 0 Å². The second-order valence-corrected chi connectivity index (χ2v) is 5.74. The molecule has 1 unspecified atom stereocenters. The van der Waals surface area contributed by atoms with Crippen LogP contribution in [0, 0.1) is 11.3 Å². The first-order valence-electron chi connectivity index (χ1n) is 6.48. The first kappa shape index (κ1) is 14.1. The number of nitrogens with zero attached hydrogens (tertiary/aromatic N) is 2. The molecule has 0 bridgehead atoms. The van der Waals surface area contributed by atoms with Crippen LogP contribution in [-0.2, 0) is 10.2 Å². The smallest absolute Gasteiger partial charge is 0.238 e. The molecular formula is C15H17BrN2O. The zero-order chi connectivity index (χ0) is 13.9. The highest BCUT2D eigenvalue weighted by Crippen LogP contribution is 2.46. The highest BCUT2D eigenvalue weighted by atomic mass is 79.9. The maximum atomic E-state index is 12.6. The van der Waals surface area contributed by atoms with Gasteiger partial charge in [-0.3, -0.25) is 4.79 Å². The number of para-hydroxylation sites is 1. The molecule has 0 saturated heterocycles. The van der Waals surface area contributed by atoms with Crippen molar-refractivity contribution in [3.63, 3.8) is 0 Å². The molecule has 0 fully saturated rings. The average Bonchev–Trinajstić information content (AvgIpc) is 2.63. The Morgan fingerprint density at radius 2 is 2.11 bits per heavy atom. The summed E-state index contributed by atoms with van der Waals surface area (Å²) in [7, 11) is 1.80. The normalized spacial score (nSPS) is 21.3. The lowest BCUT2D eigenvalue weighted by atomic mass is 9.75. The quantitative estimate of drug-likeness (QED) is 0.616. The number of halogens is 1. The fourth-order valence-corrected chi connectivity index (χ4v) is 3.27. The maximum absolute atomic E-state index is 12.6. The third kappa shape index (κ3) is 2.28. The van der Waals surface area contributed by atoms with Crippen LogP contribution in [0.5, 0.6) is 0 Å². The summed E-state index contributed by atoms with van der Waals surface area (Å²) in [6.45, 7) is 0. The minimum atomic E-state index is -0.637. The van der Waals surface area contributed by atoms with Gasteiger partial charge in [0.05, 0.1) is 17.9 Å². The SMILES string of the molecule is CN1C(=O)C(CC#N)(CCCCBr)c2ccccc21. The summed E-state index contributed by atoms with van der Waals surface area (Å²) in [5.74, 6) is 0.0600. The van der Waals surface area contributed by atoms with E-state index in [0.717, 1.165) is 35.8 Å². The predicted molar refractivity (Wildman–Crippen MR) is 79.4 cm³/mol. The van der Waals surface area contributed by atoms with Gasteiger partial charge in [0.15, 0.2) is 0 Å². The van der Waals surface area contributed by atoms with Crippen molar-refractivity contribution in [2.24, 2.45) is 0 Å². The zero-order valence-electron chi connectivity index (χ0n) is 11.0. The number of unbranched alkanes of at least 4 members (excludes halogenated alkanes) is 1. The molecule has 100 valence electrons. The standard InChI is InChI=1S/C15H17BrN2O/c1-18-13-7-3-2-6-12(13)15(9-11-17,14(18)19)8-4-5-10-16/h2-3,6-7H,4-5,8-10H2,1H3. The lowest BCUT2D eigenvalue weighted by Gasteiger charge is -2.25. The van der Waals surface area contributed by atoms with Gasteiger partial charge in [-0.2, -0.15) is 5.26 Å². The summed E-state index contributed by atoms with van der Waals surface area (Å²) < 4.78 is 0. The van der Waals surface area contributed by atoms with Crippen molar-refractivity contribution in [2.45, 2.75) is 31.1 Å². The monoisotopic (exact) mass is 320 g/mol. The summed E-state index contributed by atoms with van der Waals surface area (Å²) in [6, 6.07) is 10.0. The molecule has 1 aromatic carbocycles. The van der Waals surface area contributed by atoms with Gasteiger partial charge in [-0.15, -0.1) is 0 Å². The third-order valence-corrected chi connectivity index (χ3v) is 4.42. The van der Waals surface area contributed by atoms with E-state index in [-0.39, 0.29) is 12.3 Å². The maximum Gasteiger partial charge on any atom is 0.238 e. The first-order valence-corrected chi connectivity index (χ1v) is 7.60. The Morgan fingerprint density at radius 1 is 1.37 bits per heavy atom. The lowest BCUT2D eigenvalue weighted by molar-refractivity contribution is -0.123. The number of fused-ring (bicyclic) bond motifs is 1. The highest BCUT2D eigenvalue weighted by Gasteiger charge is 2.48. The van der Waals surface area contributed by atoms with Gasteiger partial charge < -0.3 is 4.90 Å². The van der Waals surface area contributed by atoms with Crippen molar-refractivity contribution in [3.05, 3.63) is 29.8 Å². The van der Waals surface area contributed by atoms with Gasteiger partial charge in [0.1, 0.15) is 0 Å². The molecule has 1 atom stereocenters. The number of carbonyl (C=O) groups is 1. The molecule has 0 aromatic heterocycles. The molecule has 3 nitrogen and oxygen atoms in total. The summed E-state index contributed by atoms with van der Waals surface area (Å²) in [4.78, 5) is 14.3. The van der Waals surface area contributed by atoms with E-state index in [9.17, 15) is 4.79 Å². The van der Waals surface area contributed by atoms with Crippen LogP contribution in [0.3, 0.4) is 0 Å². The third-order valence-electron chi connectivity index (χ3n) is 3.86. The number of nitriles is 1. The number of alkyl halides is 1. The molecule has 0 aliphatic carbocycles. The van der Waals surface area contributed by atoms with Gasteiger partial charge in [0, 0.05) is 18.1 Å². The Morgan fingerprint density at radius 3 is 2.79 bits per heavy atom. The Hall–Kier alpha value is -1.34. The van der Waals surface area contributed by atoms with Crippen LogP contribution in [-0.4, -0.2) is 18.3 Å². The van der Waals surface area contributed by atoms with Crippen LogP contribution >= 0.6 is 15.9 Å². The molecule has 1 heterocycles. The topological polar surface area (TPSA) is 44.1 Å². The van der Waals surface area contributed by atoms with Crippen molar-refractivity contribution in [1.82, 2.24) is 0 Å². The molecule has 1 aliphatic rings. The Bertz CT molecular complexity index is 523. The van der Waals surface area contributed by atoms with Gasteiger partial charge in [-0.25, -0.2) is 0 Å². The highest BCUT2D eigenvalue weighted by molar-refractivity contribution is 9.09. The summed E-state index contributed by atoms with van der Waals surface area (Å²) in [5, 5.41) is 10.1. The van der Waals surface area contributed by atoms with Crippen LogP contribution in [0.1, 0.15) is 31.2 Å². The van der Waals surface area contributed by atoms with Crippen molar-refractivity contribution < 1.29 is 4.79 Å². The number of hydrogen-bond donors (Lipinski definition) is 0. The fraction of sp³-hybridized carbons (Fsp3) is 0.467. The molecule has 19 heavy (non-hydrogen) atoms. The van der Waals surface area contributed by atoms with E-state index in [1.807, 2.05) is 24.3 Å². The van der Waals surface area contributed by atoms with Gasteiger partial charge in [-0.1, -0.05) is 40.5 Å². The molecule has 2 rings (SSSR count). The Balaban J connectivity index is 2.42. The van der Waals surface area contributed by atoms with Crippen molar-refractivity contribution in [2.75, 3.05) is 17.3 Å². The lowest BCUT2D eigenvalue weighted by Crippen LogP contribution is -2.38.